The van der Waals surface area contributed by atoms with Crippen molar-refractivity contribution < 1.29 is 4.79 Å². The quantitative estimate of drug-likeness (QED) is 0.713. The predicted octanol–water partition coefficient (Wildman–Crippen LogP) is 3.97. The summed E-state index contributed by atoms with van der Waals surface area (Å²) in [4.78, 5) is 15.2. The lowest BCUT2D eigenvalue weighted by Crippen LogP contribution is -2.43. The molecule has 2 aromatic carbocycles. The average Bonchev–Trinajstić information content (AvgIpc) is 3.12. The van der Waals surface area contributed by atoms with E-state index < -0.39 is 0 Å². The summed E-state index contributed by atoms with van der Waals surface area (Å²) in [5, 5.41) is 0. The van der Waals surface area contributed by atoms with Gasteiger partial charge < -0.3 is 9.47 Å². The standard InChI is InChI=1S/C22H22N2O/c1-17-8-5-6-11-19(17)16-21(25)24-15-14-23-13-7-12-20(23)22(24)18-9-3-2-4-10-18/h2-13,22H,14-16H2,1H3. The molecule has 0 spiro atoms. The molecule has 3 aromatic rings. The Labute approximate surface area is 148 Å². The zero-order valence-electron chi connectivity index (χ0n) is 14.4. The van der Waals surface area contributed by atoms with Crippen LogP contribution in [0, 0.1) is 6.92 Å². The predicted molar refractivity (Wildman–Crippen MR) is 99.3 cm³/mol. The van der Waals surface area contributed by atoms with Crippen LogP contribution in [0.5, 0.6) is 0 Å². The Kier molecular flexibility index (Phi) is 4.14. The normalized spacial score (nSPS) is 16.5. The highest BCUT2D eigenvalue weighted by Gasteiger charge is 2.31. The summed E-state index contributed by atoms with van der Waals surface area (Å²) in [7, 11) is 0. The topological polar surface area (TPSA) is 25.2 Å². The number of nitrogens with zero attached hydrogens (tertiary/aromatic N) is 2. The lowest BCUT2D eigenvalue weighted by Gasteiger charge is -2.37. The third kappa shape index (κ3) is 2.98. The molecular weight excluding hydrogens is 308 g/mol. The molecule has 3 heteroatoms. The van der Waals surface area contributed by atoms with E-state index in [0.717, 1.165) is 18.7 Å². The minimum atomic E-state index is -0.0125. The van der Waals surface area contributed by atoms with Gasteiger partial charge in [0, 0.05) is 25.0 Å². The monoisotopic (exact) mass is 330 g/mol. The lowest BCUT2D eigenvalue weighted by atomic mass is 9.98. The molecule has 0 fully saturated rings. The van der Waals surface area contributed by atoms with Crippen LogP contribution in [0.3, 0.4) is 0 Å². The summed E-state index contributed by atoms with van der Waals surface area (Å²) >= 11 is 0. The number of fused-ring (bicyclic) bond motifs is 1. The van der Waals surface area contributed by atoms with E-state index in [1.807, 2.05) is 35.2 Å². The molecule has 0 saturated carbocycles. The Morgan fingerprint density at radius 2 is 1.72 bits per heavy atom. The van der Waals surface area contributed by atoms with Gasteiger partial charge in [-0.25, -0.2) is 0 Å². The smallest absolute Gasteiger partial charge is 0.227 e. The maximum absolute atomic E-state index is 13.2. The van der Waals surface area contributed by atoms with Crippen LogP contribution in [-0.2, 0) is 17.8 Å². The number of amides is 1. The van der Waals surface area contributed by atoms with Gasteiger partial charge in [0.15, 0.2) is 0 Å². The number of aryl methyl sites for hydroxylation is 1. The number of hydrogen-bond acceptors (Lipinski definition) is 1. The number of carbonyl (C=O) groups excluding carboxylic acids is 1. The van der Waals surface area contributed by atoms with E-state index in [4.69, 9.17) is 0 Å². The van der Waals surface area contributed by atoms with Gasteiger partial charge in [-0.2, -0.15) is 0 Å². The minimum absolute atomic E-state index is 0.0125. The Morgan fingerprint density at radius 1 is 0.960 bits per heavy atom. The fourth-order valence-electron chi connectivity index (χ4n) is 3.71. The van der Waals surface area contributed by atoms with Crippen molar-refractivity contribution in [2.24, 2.45) is 0 Å². The van der Waals surface area contributed by atoms with Crippen LogP contribution in [0.15, 0.2) is 72.9 Å². The first-order valence-electron chi connectivity index (χ1n) is 8.78. The maximum atomic E-state index is 13.2. The van der Waals surface area contributed by atoms with Crippen molar-refractivity contribution in [2.75, 3.05) is 6.54 Å². The van der Waals surface area contributed by atoms with Crippen LogP contribution in [0.2, 0.25) is 0 Å². The van der Waals surface area contributed by atoms with Crippen LogP contribution < -0.4 is 0 Å². The molecule has 0 aliphatic carbocycles. The van der Waals surface area contributed by atoms with Gasteiger partial charge in [0.05, 0.1) is 12.5 Å². The van der Waals surface area contributed by atoms with E-state index in [-0.39, 0.29) is 11.9 Å². The molecule has 1 aromatic heterocycles. The van der Waals surface area contributed by atoms with Gasteiger partial charge in [0.2, 0.25) is 5.91 Å². The third-order valence-corrected chi connectivity index (χ3v) is 5.08. The second kappa shape index (κ2) is 6.60. The fourth-order valence-corrected chi connectivity index (χ4v) is 3.71. The summed E-state index contributed by atoms with van der Waals surface area (Å²) in [5.74, 6) is 0.190. The van der Waals surface area contributed by atoms with Gasteiger partial charge in [-0.05, 0) is 35.7 Å². The lowest BCUT2D eigenvalue weighted by molar-refractivity contribution is -0.133. The molecule has 1 amide bonds. The molecule has 0 bridgehead atoms. The Morgan fingerprint density at radius 3 is 2.52 bits per heavy atom. The van der Waals surface area contributed by atoms with Gasteiger partial charge in [0.25, 0.3) is 0 Å². The maximum Gasteiger partial charge on any atom is 0.227 e. The summed E-state index contributed by atoms with van der Waals surface area (Å²) in [6, 6.07) is 22.7. The number of carbonyl (C=O) groups is 1. The molecule has 1 aliphatic rings. The molecule has 4 rings (SSSR count). The van der Waals surface area contributed by atoms with Gasteiger partial charge in [-0.15, -0.1) is 0 Å². The number of hydrogen-bond donors (Lipinski definition) is 0. The van der Waals surface area contributed by atoms with E-state index in [9.17, 15) is 4.79 Å². The highest BCUT2D eigenvalue weighted by Crippen LogP contribution is 2.32. The van der Waals surface area contributed by atoms with Gasteiger partial charge in [0.1, 0.15) is 0 Å². The molecule has 2 heterocycles. The van der Waals surface area contributed by atoms with E-state index >= 15 is 0 Å². The second-order valence-corrected chi connectivity index (χ2v) is 6.63. The number of rotatable bonds is 3. The largest absolute Gasteiger partial charge is 0.348 e. The van der Waals surface area contributed by atoms with E-state index in [2.05, 4.69) is 54.1 Å². The molecule has 25 heavy (non-hydrogen) atoms. The van der Waals surface area contributed by atoms with Crippen molar-refractivity contribution in [3.63, 3.8) is 0 Å². The number of benzene rings is 2. The van der Waals surface area contributed by atoms with Gasteiger partial charge in [-0.1, -0.05) is 54.6 Å². The van der Waals surface area contributed by atoms with Gasteiger partial charge >= 0.3 is 0 Å². The Hall–Kier alpha value is -2.81. The van der Waals surface area contributed by atoms with Crippen LogP contribution in [-0.4, -0.2) is 21.9 Å². The minimum Gasteiger partial charge on any atom is -0.348 e. The molecule has 0 radical (unpaired) electrons. The van der Waals surface area contributed by atoms with Crippen LogP contribution >= 0.6 is 0 Å². The molecule has 1 aliphatic heterocycles. The Balaban J connectivity index is 1.68. The Bertz CT molecular complexity index is 882. The summed E-state index contributed by atoms with van der Waals surface area (Å²) in [5.41, 5.74) is 4.64. The molecular formula is C22H22N2O. The van der Waals surface area contributed by atoms with Crippen molar-refractivity contribution in [1.29, 1.82) is 0 Å². The summed E-state index contributed by atoms with van der Waals surface area (Å²) < 4.78 is 2.26. The molecule has 0 N–H and O–H groups in total. The average molecular weight is 330 g/mol. The van der Waals surface area contributed by atoms with E-state index in [1.165, 1.54) is 16.8 Å². The highest BCUT2D eigenvalue weighted by molar-refractivity contribution is 5.80. The molecule has 3 nitrogen and oxygen atoms in total. The first-order chi connectivity index (χ1) is 12.2. The first-order valence-corrected chi connectivity index (χ1v) is 8.78. The molecule has 1 atom stereocenters. The van der Waals surface area contributed by atoms with Crippen molar-refractivity contribution in [3.05, 3.63) is 95.3 Å². The van der Waals surface area contributed by atoms with E-state index in [0.29, 0.717) is 6.42 Å². The zero-order chi connectivity index (χ0) is 17.2. The van der Waals surface area contributed by atoms with Crippen molar-refractivity contribution >= 4 is 5.91 Å². The molecule has 1 unspecified atom stereocenters. The number of aromatic nitrogens is 1. The van der Waals surface area contributed by atoms with Crippen LogP contribution in [0.25, 0.3) is 0 Å². The van der Waals surface area contributed by atoms with Crippen molar-refractivity contribution in [1.82, 2.24) is 9.47 Å². The summed E-state index contributed by atoms with van der Waals surface area (Å²) in [6.07, 6.45) is 2.56. The van der Waals surface area contributed by atoms with E-state index in [1.54, 1.807) is 0 Å². The zero-order valence-corrected chi connectivity index (χ0v) is 14.4. The van der Waals surface area contributed by atoms with Crippen LogP contribution in [0.1, 0.15) is 28.4 Å². The van der Waals surface area contributed by atoms with Crippen molar-refractivity contribution in [3.8, 4) is 0 Å². The SMILES string of the molecule is Cc1ccccc1CC(=O)N1CCn2cccc2C1c1ccccc1. The second-order valence-electron chi connectivity index (χ2n) is 6.63. The van der Waals surface area contributed by atoms with Crippen LogP contribution in [0.4, 0.5) is 0 Å². The van der Waals surface area contributed by atoms with Gasteiger partial charge in [-0.3, -0.25) is 4.79 Å². The highest BCUT2D eigenvalue weighted by atomic mass is 16.2. The summed E-state index contributed by atoms with van der Waals surface area (Å²) in [6.45, 7) is 3.66. The molecule has 126 valence electrons. The first kappa shape index (κ1) is 15.7. The van der Waals surface area contributed by atoms with Crippen molar-refractivity contribution in [2.45, 2.75) is 25.9 Å². The molecule has 0 saturated heterocycles. The fraction of sp³-hybridized carbons (Fsp3) is 0.227. The third-order valence-electron chi connectivity index (χ3n) is 5.08.